The van der Waals surface area contributed by atoms with Gasteiger partial charge in [-0.05, 0) is 43.0 Å². The van der Waals surface area contributed by atoms with Gasteiger partial charge in [0, 0.05) is 16.8 Å². The number of benzene rings is 2. The van der Waals surface area contributed by atoms with Crippen LogP contribution in [0.3, 0.4) is 0 Å². The molecule has 0 aromatic heterocycles. The van der Waals surface area contributed by atoms with E-state index in [2.05, 4.69) is 17.4 Å². The number of rotatable bonds is 8. The summed E-state index contributed by atoms with van der Waals surface area (Å²) < 4.78 is 13.6. The Labute approximate surface area is 151 Å². The number of halogens is 2. The zero-order valence-electron chi connectivity index (χ0n) is 13.6. The molecule has 1 N–H and O–H groups in total. The molecule has 2 rings (SSSR count). The predicted molar refractivity (Wildman–Crippen MR) is 99.9 cm³/mol. The van der Waals surface area contributed by atoms with Crippen LogP contribution in [0.15, 0.2) is 48.5 Å². The number of thioether (sulfide) groups is 1. The second-order valence-corrected chi connectivity index (χ2v) is 7.14. The molecule has 1 unspecified atom stereocenters. The fourth-order valence-electron chi connectivity index (χ4n) is 2.31. The zero-order valence-corrected chi connectivity index (χ0v) is 15.2. The van der Waals surface area contributed by atoms with Crippen LogP contribution in [0, 0.1) is 5.82 Å². The monoisotopic (exact) mass is 365 g/mol. The van der Waals surface area contributed by atoms with Crippen LogP contribution in [-0.4, -0.2) is 17.7 Å². The van der Waals surface area contributed by atoms with Gasteiger partial charge in [0.15, 0.2) is 0 Å². The summed E-state index contributed by atoms with van der Waals surface area (Å²) in [4.78, 5) is 11.9. The maximum Gasteiger partial charge on any atom is 0.230 e. The first-order valence-corrected chi connectivity index (χ1v) is 9.43. The van der Waals surface area contributed by atoms with E-state index in [0.717, 1.165) is 12.8 Å². The third-order valence-corrected chi connectivity index (χ3v) is 4.84. The van der Waals surface area contributed by atoms with E-state index in [0.29, 0.717) is 22.1 Å². The van der Waals surface area contributed by atoms with Gasteiger partial charge in [0.05, 0.1) is 5.75 Å². The molecule has 0 aliphatic heterocycles. The Kier molecular flexibility index (Phi) is 7.60. The molecule has 0 heterocycles. The number of nitrogens with one attached hydrogen (secondary N) is 1. The van der Waals surface area contributed by atoms with Crippen LogP contribution in [0.25, 0.3) is 0 Å². The molecule has 0 saturated heterocycles. The van der Waals surface area contributed by atoms with Crippen molar-refractivity contribution in [3.05, 3.63) is 70.5 Å². The normalized spacial score (nSPS) is 12.0. The summed E-state index contributed by atoms with van der Waals surface area (Å²) in [5.74, 6) is 0.425. The van der Waals surface area contributed by atoms with Crippen LogP contribution in [0.2, 0.25) is 5.02 Å². The lowest BCUT2D eigenvalue weighted by molar-refractivity contribution is -0.119. The Morgan fingerprint density at radius 1 is 1.25 bits per heavy atom. The molecule has 0 spiro atoms. The van der Waals surface area contributed by atoms with E-state index in [1.54, 1.807) is 12.1 Å². The number of carbonyl (C=O) groups excluding carboxylic acids is 1. The highest BCUT2D eigenvalue weighted by atomic mass is 35.5. The first-order valence-electron chi connectivity index (χ1n) is 7.89. The summed E-state index contributed by atoms with van der Waals surface area (Å²) in [6, 6.07) is 14.9. The first-order chi connectivity index (χ1) is 11.5. The van der Waals surface area contributed by atoms with Gasteiger partial charge in [0.2, 0.25) is 5.91 Å². The van der Waals surface area contributed by atoms with E-state index in [-0.39, 0.29) is 17.8 Å². The summed E-state index contributed by atoms with van der Waals surface area (Å²) >= 11 is 7.12. The van der Waals surface area contributed by atoms with Gasteiger partial charge < -0.3 is 5.32 Å². The largest absolute Gasteiger partial charge is 0.353 e. The molecule has 1 atom stereocenters. The third-order valence-electron chi connectivity index (χ3n) is 3.62. The molecular formula is C19H21ClFNOS. The molecular weight excluding hydrogens is 345 g/mol. The van der Waals surface area contributed by atoms with Gasteiger partial charge in [-0.1, -0.05) is 48.0 Å². The number of carbonyl (C=O) groups is 1. The fraction of sp³-hybridized carbons (Fsp3) is 0.316. The van der Waals surface area contributed by atoms with E-state index in [4.69, 9.17) is 11.6 Å². The topological polar surface area (TPSA) is 29.1 Å². The quantitative estimate of drug-likeness (QED) is 0.724. The number of hydrogen-bond donors (Lipinski definition) is 1. The highest BCUT2D eigenvalue weighted by Gasteiger charge is 2.09. The smallest absolute Gasteiger partial charge is 0.230 e. The zero-order chi connectivity index (χ0) is 17.4. The van der Waals surface area contributed by atoms with Crippen molar-refractivity contribution in [2.45, 2.75) is 31.6 Å². The Balaban J connectivity index is 1.67. The lowest BCUT2D eigenvalue weighted by Gasteiger charge is -2.14. The standard InChI is InChI=1S/C19H21ClFNOS/c1-14(7-8-15-5-3-2-4-6-15)22-19(23)13-24-12-16-9-10-17(20)11-18(16)21/h2-6,9-11,14H,7-8,12-13H2,1H3,(H,22,23). The van der Waals surface area contributed by atoms with Crippen LogP contribution in [0.5, 0.6) is 0 Å². The molecule has 0 bridgehead atoms. The van der Waals surface area contributed by atoms with Crippen molar-refractivity contribution >= 4 is 29.3 Å². The van der Waals surface area contributed by atoms with Crippen molar-refractivity contribution in [1.82, 2.24) is 5.32 Å². The average Bonchev–Trinajstić information content (AvgIpc) is 2.56. The van der Waals surface area contributed by atoms with Gasteiger partial charge in [-0.2, -0.15) is 0 Å². The Morgan fingerprint density at radius 2 is 2.00 bits per heavy atom. The molecule has 1 amide bonds. The summed E-state index contributed by atoms with van der Waals surface area (Å²) in [7, 11) is 0. The van der Waals surface area contributed by atoms with Crippen molar-refractivity contribution in [3.8, 4) is 0 Å². The van der Waals surface area contributed by atoms with Gasteiger partial charge >= 0.3 is 0 Å². The Bertz CT molecular complexity index is 666. The van der Waals surface area contributed by atoms with Crippen molar-refractivity contribution in [3.63, 3.8) is 0 Å². The number of amides is 1. The third kappa shape index (κ3) is 6.54. The summed E-state index contributed by atoms with van der Waals surface area (Å²) in [5, 5.41) is 3.37. The van der Waals surface area contributed by atoms with E-state index >= 15 is 0 Å². The fourth-order valence-corrected chi connectivity index (χ4v) is 3.29. The summed E-state index contributed by atoms with van der Waals surface area (Å²) in [6.45, 7) is 2.00. The molecule has 2 aromatic carbocycles. The lowest BCUT2D eigenvalue weighted by atomic mass is 10.1. The van der Waals surface area contributed by atoms with Crippen molar-refractivity contribution in [2.75, 3.05) is 5.75 Å². The molecule has 0 aliphatic carbocycles. The molecule has 0 saturated carbocycles. The second kappa shape index (κ2) is 9.70. The SMILES string of the molecule is CC(CCc1ccccc1)NC(=O)CSCc1ccc(Cl)cc1F. The molecule has 2 aromatic rings. The van der Waals surface area contributed by atoms with E-state index in [1.807, 2.05) is 25.1 Å². The minimum atomic E-state index is -0.327. The molecule has 5 heteroatoms. The highest BCUT2D eigenvalue weighted by molar-refractivity contribution is 7.99. The molecule has 0 radical (unpaired) electrons. The van der Waals surface area contributed by atoms with Crippen LogP contribution in [-0.2, 0) is 17.0 Å². The van der Waals surface area contributed by atoms with Crippen LogP contribution in [0.1, 0.15) is 24.5 Å². The predicted octanol–water partition coefficient (Wildman–Crippen LogP) is 4.85. The molecule has 128 valence electrons. The first kappa shape index (κ1) is 18.8. The van der Waals surface area contributed by atoms with Gasteiger partial charge in [-0.3, -0.25) is 4.79 Å². The van der Waals surface area contributed by atoms with Gasteiger partial charge in [0.25, 0.3) is 0 Å². The van der Waals surface area contributed by atoms with Gasteiger partial charge in [0.1, 0.15) is 5.82 Å². The second-order valence-electron chi connectivity index (χ2n) is 5.72. The van der Waals surface area contributed by atoms with Crippen molar-refractivity contribution in [1.29, 1.82) is 0 Å². The maximum absolute atomic E-state index is 13.6. The van der Waals surface area contributed by atoms with Crippen LogP contribution < -0.4 is 5.32 Å². The minimum absolute atomic E-state index is 0.0186. The molecule has 0 fully saturated rings. The lowest BCUT2D eigenvalue weighted by Crippen LogP contribution is -2.34. The van der Waals surface area contributed by atoms with Gasteiger partial charge in [-0.15, -0.1) is 11.8 Å². The summed E-state index contributed by atoms with van der Waals surface area (Å²) in [5.41, 5.74) is 1.83. The van der Waals surface area contributed by atoms with E-state index in [1.165, 1.54) is 23.4 Å². The van der Waals surface area contributed by atoms with Crippen molar-refractivity contribution < 1.29 is 9.18 Å². The molecule has 2 nitrogen and oxygen atoms in total. The van der Waals surface area contributed by atoms with Gasteiger partial charge in [-0.25, -0.2) is 4.39 Å². The number of aryl methyl sites for hydroxylation is 1. The molecule has 0 aliphatic rings. The highest BCUT2D eigenvalue weighted by Crippen LogP contribution is 2.19. The Morgan fingerprint density at radius 3 is 2.71 bits per heavy atom. The van der Waals surface area contributed by atoms with E-state index < -0.39 is 0 Å². The molecule has 24 heavy (non-hydrogen) atoms. The maximum atomic E-state index is 13.6. The van der Waals surface area contributed by atoms with Crippen LogP contribution >= 0.6 is 23.4 Å². The van der Waals surface area contributed by atoms with Crippen molar-refractivity contribution in [2.24, 2.45) is 0 Å². The van der Waals surface area contributed by atoms with Crippen LogP contribution in [0.4, 0.5) is 4.39 Å². The number of hydrogen-bond acceptors (Lipinski definition) is 2. The Hall–Kier alpha value is -1.52. The summed E-state index contributed by atoms with van der Waals surface area (Å²) in [6.07, 6.45) is 1.83. The minimum Gasteiger partial charge on any atom is -0.353 e. The average molecular weight is 366 g/mol. The van der Waals surface area contributed by atoms with E-state index in [9.17, 15) is 9.18 Å².